The molecule has 2 aliphatic heterocycles. The molecule has 28 heavy (non-hydrogen) atoms. The third kappa shape index (κ3) is 3.15. The number of hydrogen-bond acceptors (Lipinski definition) is 7. The van der Waals surface area contributed by atoms with Gasteiger partial charge in [0.2, 0.25) is 12.2 Å². The van der Waals surface area contributed by atoms with Crippen molar-refractivity contribution in [3.63, 3.8) is 0 Å². The van der Waals surface area contributed by atoms with E-state index >= 15 is 0 Å². The summed E-state index contributed by atoms with van der Waals surface area (Å²) < 4.78 is 6.87. The SMILES string of the molecule is CCN1CCN(c2ccc3c(n2)OC(O)C(c2nc4ccccc4s2)=C3)CC1. The third-order valence-electron chi connectivity index (χ3n) is 5.36. The number of rotatable bonds is 3. The molecule has 144 valence electrons. The summed E-state index contributed by atoms with van der Waals surface area (Å²) in [6.07, 6.45) is 0.875. The predicted octanol–water partition coefficient (Wildman–Crippen LogP) is 3.08. The average Bonchev–Trinajstić information content (AvgIpc) is 3.17. The van der Waals surface area contributed by atoms with E-state index < -0.39 is 6.29 Å². The topological polar surface area (TPSA) is 61.7 Å². The third-order valence-corrected chi connectivity index (χ3v) is 6.45. The number of likely N-dealkylation sites (N-methyl/N-ethyl adjacent to an activating group) is 1. The van der Waals surface area contributed by atoms with E-state index in [1.54, 1.807) is 11.3 Å². The van der Waals surface area contributed by atoms with Crippen molar-refractivity contribution in [3.05, 3.63) is 47.0 Å². The summed E-state index contributed by atoms with van der Waals surface area (Å²) in [4.78, 5) is 14.0. The Morgan fingerprint density at radius 2 is 1.93 bits per heavy atom. The maximum Gasteiger partial charge on any atom is 0.229 e. The first-order chi connectivity index (χ1) is 13.7. The van der Waals surface area contributed by atoms with Crippen LogP contribution in [-0.2, 0) is 0 Å². The number of nitrogens with zero attached hydrogens (tertiary/aromatic N) is 4. The van der Waals surface area contributed by atoms with Gasteiger partial charge in [-0.05, 0) is 36.9 Å². The van der Waals surface area contributed by atoms with Crippen molar-refractivity contribution < 1.29 is 9.84 Å². The van der Waals surface area contributed by atoms with Crippen LogP contribution in [0.15, 0.2) is 36.4 Å². The molecule has 1 saturated heterocycles. The summed E-state index contributed by atoms with van der Waals surface area (Å²) in [7, 11) is 0. The van der Waals surface area contributed by atoms with Gasteiger partial charge in [0.1, 0.15) is 10.8 Å². The molecule has 6 nitrogen and oxygen atoms in total. The molecule has 1 unspecified atom stereocenters. The second-order valence-corrected chi connectivity index (χ2v) is 8.07. The minimum atomic E-state index is -1.06. The van der Waals surface area contributed by atoms with Crippen molar-refractivity contribution in [1.82, 2.24) is 14.9 Å². The highest BCUT2D eigenvalue weighted by Crippen LogP contribution is 2.36. The summed E-state index contributed by atoms with van der Waals surface area (Å²) in [6, 6.07) is 12.0. The largest absolute Gasteiger partial charge is 0.443 e. The monoisotopic (exact) mass is 394 g/mol. The Balaban J connectivity index is 1.43. The van der Waals surface area contributed by atoms with Gasteiger partial charge in [0, 0.05) is 31.7 Å². The van der Waals surface area contributed by atoms with Crippen molar-refractivity contribution in [2.75, 3.05) is 37.6 Å². The molecule has 1 atom stereocenters. The van der Waals surface area contributed by atoms with Gasteiger partial charge in [-0.2, -0.15) is 4.98 Å². The lowest BCUT2D eigenvalue weighted by atomic mass is 10.1. The molecule has 0 radical (unpaired) electrons. The van der Waals surface area contributed by atoms with Crippen LogP contribution in [0.1, 0.15) is 17.5 Å². The molecular weight excluding hydrogens is 372 g/mol. The molecule has 5 rings (SSSR count). The molecule has 4 heterocycles. The van der Waals surface area contributed by atoms with Crippen LogP contribution in [0, 0.1) is 0 Å². The van der Waals surface area contributed by atoms with Gasteiger partial charge in [-0.3, -0.25) is 0 Å². The minimum absolute atomic E-state index is 0.479. The molecule has 3 aromatic rings. The lowest BCUT2D eigenvalue weighted by molar-refractivity contribution is 0.0282. The Bertz CT molecular complexity index is 1010. The van der Waals surface area contributed by atoms with E-state index in [1.165, 1.54) is 0 Å². The number of benzene rings is 1. The zero-order valence-electron chi connectivity index (χ0n) is 15.7. The van der Waals surface area contributed by atoms with Crippen LogP contribution in [0.5, 0.6) is 5.88 Å². The first-order valence-corrected chi connectivity index (χ1v) is 10.4. The van der Waals surface area contributed by atoms with Gasteiger partial charge in [-0.25, -0.2) is 4.98 Å². The van der Waals surface area contributed by atoms with Gasteiger partial charge in [0.15, 0.2) is 0 Å². The standard InChI is InChI=1S/C21H22N4O2S/c1-2-24-9-11-25(12-10-24)18-8-7-14-13-15(21(26)27-19(14)23-18)20-22-16-5-3-4-6-17(16)28-20/h3-8,13,21,26H,2,9-12H2,1H3. The van der Waals surface area contributed by atoms with E-state index in [0.717, 1.165) is 59.3 Å². The smallest absolute Gasteiger partial charge is 0.229 e. The zero-order valence-corrected chi connectivity index (χ0v) is 16.5. The van der Waals surface area contributed by atoms with E-state index in [-0.39, 0.29) is 0 Å². The van der Waals surface area contributed by atoms with Crippen LogP contribution in [0.25, 0.3) is 21.9 Å². The van der Waals surface area contributed by atoms with Gasteiger partial charge in [0.05, 0.1) is 15.8 Å². The Morgan fingerprint density at radius 3 is 2.71 bits per heavy atom. The molecular formula is C21H22N4O2S. The molecule has 1 N–H and O–H groups in total. The van der Waals surface area contributed by atoms with Crippen LogP contribution in [0.2, 0.25) is 0 Å². The zero-order chi connectivity index (χ0) is 19.1. The van der Waals surface area contributed by atoms with Crippen molar-refractivity contribution in [3.8, 4) is 5.88 Å². The predicted molar refractivity (Wildman–Crippen MR) is 113 cm³/mol. The molecule has 2 aliphatic rings. The Hall–Kier alpha value is -2.48. The van der Waals surface area contributed by atoms with Crippen molar-refractivity contribution >= 4 is 39.0 Å². The summed E-state index contributed by atoms with van der Waals surface area (Å²) in [5.41, 5.74) is 2.48. The summed E-state index contributed by atoms with van der Waals surface area (Å²) in [5.74, 6) is 1.38. The maximum atomic E-state index is 10.6. The van der Waals surface area contributed by atoms with Crippen LogP contribution in [0.4, 0.5) is 5.82 Å². The number of piperazine rings is 1. The highest BCUT2D eigenvalue weighted by Gasteiger charge is 2.26. The Kier molecular flexibility index (Phi) is 4.50. The van der Waals surface area contributed by atoms with Crippen LogP contribution >= 0.6 is 11.3 Å². The molecule has 2 aromatic heterocycles. The number of thiazole rings is 1. The molecule has 0 saturated carbocycles. The fourth-order valence-electron chi connectivity index (χ4n) is 3.69. The molecule has 1 aromatic carbocycles. The number of aromatic nitrogens is 2. The van der Waals surface area contributed by atoms with E-state index in [1.807, 2.05) is 42.5 Å². The van der Waals surface area contributed by atoms with Crippen LogP contribution < -0.4 is 9.64 Å². The van der Waals surface area contributed by atoms with Crippen LogP contribution in [-0.4, -0.2) is 59.0 Å². The van der Waals surface area contributed by atoms with Crippen molar-refractivity contribution in [1.29, 1.82) is 0 Å². The van der Waals surface area contributed by atoms with E-state index in [2.05, 4.69) is 26.7 Å². The minimum Gasteiger partial charge on any atom is -0.443 e. The summed E-state index contributed by atoms with van der Waals surface area (Å²) >= 11 is 1.56. The number of aliphatic hydroxyl groups excluding tert-OH is 1. The fraction of sp³-hybridized carbons (Fsp3) is 0.333. The normalized spacial score (nSPS) is 20.0. The van der Waals surface area contributed by atoms with E-state index in [0.29, 0.717) is 11.5 Å². The maximum absolute atomic E-state index is 10.6. The van der Waals surface area contributed by atoms with Gasteiger partial charge >= 0.3 is 0 Å². The molecule has 7 heteroatoms. The molecule has 0 bridgehead atoms. The lowest BCUT2D eigenvalue weighted by Crippen LogP contribution is -2.46. The van der Waals surface area contributed by atoms with E-state index in [9.17, 15) is 5.11 Å². The van der Waals surface area contributed by atoms with E-state index in [4.69, 9.17) is 4.74 Å². The average molecular weight is 395 g/mol. The quantitative estimate of drug-likeness (QED) is 0.737. The highest BCUT2D eigenvalue weighted by atomic mass is 32.1. The molecule has 0 aliphatic carbocycles. The van der Waals surface area contributed by atoms with Crippen LogP contribution in [0.3, 0.4) is 0 Å². The second kappa shape index (κ2) is 7.16. The number of anilines is 1. The molecule has 0 spiro atoms. The highest BCUT2D eigenvalue weighted by molar-refractivity contribution is 7.19. The number of fused-ring (bicyclic) bond motifs is 2. The van der Waals surface area contributed by atoms with Gasteiger partial charge in [0.25, 0.3) is 0 Å². The van der Waals surface area contributed by atoms with Gasteiger partial charge in [-0.1, -0.05) is 19.1 Å². The Labute approximate surface area is 167 Å². The second-order valence-electron chi connectivity index (χ2n) is 7.04. The van der Waals surface area contributed by atoms with Crippen molar-refractivity contribution in [2.24, 2.45) is 0 Å². The van der Waals surface area contributed by atoms with Gasteiger partial charge < -0.3 is 19.6 Å². The summed E-state index contributed by atoms with van der Waals surface area (Å²) in [5, 5.41) is 11.4. The number of hydrogen-bond donors (Lipinski definition) is 1. The number of ether oxygens (including phenoxy) is 1. The first kappa shape index (κ1) is 17.6. The molecule has 0 amide bonds. The van der Waals surface area contributed by atoms with Crippen molar-refractivity contribution in [2.45, 2.75) is 13.2 Å². The summed E-state index contributed by atoms with van der Waals surface area (Å²) in [6.45, 7) is 7.27. The van der Waals surface area contributed by atoms with Gasteiger partial charge in [-0.15, -0.1) is 11.3 Å². The Morgan fingerprint density at radius 1 is 1.11 bits per heavy atom. The first-order valence-electron chi connectivity index (χ1n) is 9.62. The lowest BCUT2D eigenvalue weighted by Gasteiger charge is -2.35. The number of para-hydroxylation sites is 1. The number of pyridine rings is 1. The fourth-order valence-corrected chi connectivity index (χ4v) is 4.68. The number of aliphatic hydroxyl groups is 1. The molecule has 1 fully saturated rings.